The van der Waals surface area contributed by atoms with Crippen LogP contribution in [0.1, 0.15) is 16.9 Å². The number of hydrogen-bond acceptors (Lipinski definition) is 4. The molecule has 1 amide bonds. The van der Waals surface area contributed by atoms with E-state index in [0.717, 1.165) is 21.4 Å². The Morgan fingerprint density at radius 2 is 1.93 bits per heavy atom. The molecule has 0 unspecified atom stereocenters. The predicted molar refractivity (Wildman–Crippen MR) is 122 cm³/mol. The molecule has 2 aromatic carbocycles. The van der Waals surface area contributed by atoms with E-state index in [1.54, 1.807) is 11.0 Å². The van der Waals surface area contributed by atoms with Gasteiger partial charge in [0.05, 0.1) is 11.4 Å². The zero-order valence-electron chi connectivity index (χ0n) is 15.0. The summed E-state index contributed by atoms with van der Waals surface area (Å²) >= 11 is 10.3. The molecule has 0 bridgehead atoms. The van der Waals surface area contributed by atoms with Crippen LogP contribution in [0.5, 0.6) is 0 Å². The number of halogens is 1. The molecule has 4 rings (SSSR count). The molecule has 0 N–H and O–H groups in total. The number of furan rings is 1. The quantitative estimate of drug-likeness (QED) is 0.326. The smallest absolute Gasteiger partial charge is 0.266 e. The minimum atomic E-state index is -0.0895. The standard InChI is InChI=1S/C22H16BrNO2S2/c1-14-7-9-17(18(23)11-14)19-10-8-16(26-19)12-20-21(25)24(22(27)28-20)13-15-5-3-2-4-6-15/h2-12H,13H2,1H3/b20-12+. The predicted octanol–water partition coefficient (Wildman–Crippen LogP) is 6.42. The minimum Gasteiger partial charge on any atom is -0.457 e. The molecule has 0 saturated carbocycles. The van der Waals surface area contributed by atoms with Gasteiger partial charge in [-0.05, 0) is 42.3 Å². The lowest BCUT2D eigenvalue weighted by Gasteiger charge is -2.14. The van der Waals surface area contributed by atoms with E-state index in [9.17, 15) is 4.79 Å². The van der Waals surface area contributed by atoms with Gasteiger partial charge in [0.25, 0.3) is 5.91 Å². The lowest BCUT2D eigenvalue weighted by molar-refractivity contribution is -0.122. The van der Waals surface area contributed by atoms with Crippen LogP contribution in [0.3, 0.4) is 0 Å². The monoisotopic (exact) mass is 469 g/mol. The van der Waals surface area contributed by atoms with Crippen molar-refractivity contribution in [2.45, 2.75) is 13.5 Å². The number of aryl methyl sites for hydroxylation is 1. The molecule has 3 nitrogen and oxygen atoms in total. The molecule has 1 aromatic heterocycles. The Hall–Kier alpha value is -2.15. The van der Waals surface area contributed by atoms with Gasteiger partial charge < -0.3 is 4.42 Å². The van der Waals surface area contributed by atoms with Crippen LogP contribution in [-0.2, 0) is 11.3 Å². The van der Waals surface area contributed by atoms with E-state index >= 15 is 0 Å². The molecule has 1 fully saturated rings. The van der Waals surface area contributed by atoms with Crippen molar-refractivity contribution in [3.05, 3.63) is 86.9 Å². The largest absolute Gasteiger partial charge is 0.457 e. The summed E-state index contributed by atoms with van der Waals surface area (Å²) in [5.41, 5.74) is 3.19. The van der Waals surface area contributed by atoms with Crippen molar-refractivity contribution < 1.29 is 9.21 Å². The maximum Gasteiger partial charge on any atom is 0.266 e. The minimum absolute atomic E-state index is 0.0895. The number of nitrogens with zero attached hydrogens (tertiary/aromatic N) is 1. The van der Waals surface area contributed by atoms with Gasteiger partial charge >= 0.3 is 0 Å². The van der Waals surface area contributed by atoms with Gasteiger partial charge in [0.1, 0.15) is 15.8 Å². The Morgan fingerprint density at radius 3 is 2.68 bits per heavy atom. The van der Waals surface area contributed by atoms with E-state index in [1.807, 2.05) is 67.6 Å². The Kier molecular flexibility index (Phi) is 5.53. The van der Waals surface area contributed by atoms with Crippen LogP contribution < -0.4 is 0 Å². The van der Waals surface area contributed by atoms with Gasteiger partial charge in [-0.15, -0.1) is 0 Å². The normalized spacial score (nSPS) is 15.6. The van der Waals surface area contributed by atoms with Gasteiger partial charge in [0.2, 0.25) is 0 Å². The van der Waals surface area contributed by atoms with Gasteiger partial charge in [-0.2, -0.15) is 0 Å². The number of thiocarbonyl (C=S) groups is 1. The highest BCUT2D eigenvalue weighted by molar-refractivity contribution is 9.10. The van der Waals surface area contributed by atoms with Crippen LogP contribution in [0.2, 0.25) is 0 Å². The van der Waals surface area contributed by atoms with Crippen molar-refractivity contribution in [1.29, 1.82) is 0 Å². The molecule has 0 aliphatic carbocycles. The van der Waals surface area contributed by atoms with E-state index in [0.29, 0.717) is 21.5 Å². The van der Waals surface area contributed by atoms with Gasteiger partial charge in [0.15, 0.2) is 0 Å². The van der Waals surface area contributed by atoms with E-state index < -0.39 is 0 Å². The van der Waals surface area contributed by atoms with Crippen LogP contribution in [0, 0.1) is 6.92 Å². The summed E-state index contributed by atoms with van der Waals surface area (Å²) in [5, 5.41) is 0. The van der Waals surface area contributed by atoms with Gasteiger partial charge in [0, 0.05) is 16.1 Å². The number of amides is 1. The molecular weight excluding hydrogens is 454 g/mol. The van der Waals surface area contributed by atoms with Crippen LogP contribution in [0.15, 0.2) is 74.5 Å². The second kappa shape index (κ2) is 8.07. The Balaban J connectivity index is 1.56. The van der Waals surface area contributed by atoms with Crippen molar-refractivity contribution in [3.63, 3.8) is 0 Å². The highest BCUT2D eigenvalue weighted by Crippen LogP contribution is 2.35. The number of carbonyl (C=O) groups is 1. The molecule has 0 atom stereocenters. The summed E-state index contributed by atoms with van der Waals surface area (Å²) in [6.45, 7) is 2.52. The molecule has 1 saturated heterocycles. The Labute approximate surface area is 181 Å². The molecule has 0 spiro atoms. The first-order chi connectivity index (χ1) is 13.5. The topological polar surface area (TPSA) is 33.5 Å². The zero-order chi connectivity index (χ0) is 19.7. The third kappa shape index (κ3) is 3.99. The Bertz CT molecular complexity index is 1090. The van der Waals surface area contributed by atoms with E-state index in [2.05, 4.69) is 15.9 Å². The number of hydrogen-bond donors (Lipinski definition) is 0. The number of carbonyl (C=O) groups excluding carboxylic acids is 1. The average Bonchev–Trinajstić information content (AvgIpc) is 3.23. The Morgan fingerprint density at radius 1 is 1.14 bits per heavy atom. The molecule has 28 heavy (non-hydrogen) atoms. The molecular formula is C22H16BrNO2S2. The van der Waals surface area contributed by atoms with Gasteiger partial charge in [-0.3, -0.25) is 9.69 Å². The summed E-state index contributed by atoms with van der Waals surface area (Å²) in [6, 6.07) is 19.7. The van der Waals surface area contributed by atoms with E-state index in [1.165, 1.54) is 17.3 Å². The summed E-state index contributed by atoms with van der Waals surface area (Å²) in [6.07, 6.45) is 1.76. The molecule has 140 valence electrons. The first kappa shape index (κ1) is 19.2. The van der Waals surface area contributed by atoms with Crippen molar-refractivity contribution in [2.75, 3.05) is 0 Å². The van der Waals surface area contributed by atoms with Crippen molar-refractivity contribution in [1.82, 2.24) is 4.90 Å². The van der Waals surface area contributed by atoms with Gasteiger partial charge in [-0.1, -0.05) is 76.3 Å². The van der Waals surface area contributed by atoms with Crippen LogP contribution in [0.4, 0.5) is 0 Å². The second-order valence-corrected chi connectivity index (χ2v) is 8.97. The van der Waals surface area contributed by atoms with Gasteiger partial charge in [-0.25, -0.2) is 0 Å². The summed E-state index contributed by atoms with van der Waals surface area (Å²) in [5.74, 6) is 1.29. The van der Waals surface area contributed by atoms with Crippen molar-refractivity contribution >= 4 is 56.2 Å². The fraction of sp³-hybridized carbons (Fsp3) is 0.0909. The highest BCUT2D eigenvalue weighted by Gasteiger charge is 2.32. The molecule has 0 radical (unpaired) electrons. The fourth-order valence-electron chi connectivity index (χ4n) is 2.93. The third-order valence-electron chi connectivity index (χ3n) is 4.35. The third-order valence-corrected chi connectivity index (χ3v) is 6.38. The average molecular weight is 470 g/mol. The summed E-state index contributed by atoms with van der Waals surface area (Å²) < 4.78 is 7.49. The van der Waals surface area contributed by atoms with Crippen LogP contribution in [0.25, 0.3) is 17.4 Å². The maximum absolute atomic E-state index is 12.8. The van der Waals surface area contributed by atoms with Crippen LogP contribution in [-0.4, -0.2) is 15.1 Å². The SMILES string of the molecule is Cc1ccc(-c2ccc(/C=C3/SC(=S)N(Cc4ccccc4)C3=O)o2)c(Br)c1. The molecule has 1 aliphatic heterocycles. The number of benzene rings is 2. The molecule has 2 heterocycles. The lowest BCUT2D eigenvalue weighted by Crippen LogP contribution is -2.27. The molecule has 1 aliphatic rings. The number of thioether (sulfide) groups is 1. The fourth-order valence-corrected chi connectivity index (χ4v) is 4.85. The maximum atomic E-state index is 12.8. The lowest BCUT2D eigenvalue weighted by atomic mass is 10.1. The van der Waals surface area contributed by atoms with E-state index in [-0.39, 0.29) is 5.91 Å². The zero-order valence-corrected chi connectivity index (χ0v) is 18.2. The molecule has 3 aromatic rings. The van der Waals surface area contributed by atoms with Crippen molar-refractivity contribution in [2.24, 2.45) is 0 Å². The molecule has 6 heteroatoms. The first-order valence-electron chi connectivity index (χ1n) is 8.67. The second-order valence-electron chi connectivity index (χ2n) is 6.44. The van der Waals surface area contributed by atoms with Crippen LogP contribution >= 0.6 is 39.9 Å². The summed E-state index contributed by atoms with van der Waals surface area (Å²) in [4.78, 5) is 15.0. The number of rotatable bonds is 4. The summed E-state index contributed by atoms with van der Waals surface area (Å²) in [7, 11) is 0. The first-order valence-corrected chi connectivity index (χ1v) is 10.7. The van der Waals surface area contributed by atoms with E-state index in [4.69, 9.17) is 16.6 Å². The highest BCUT2D eigenvalue weighted by atomic mass is 79.9. The van der Waals surface area contributed by atoms with Crippen molar-refractivity contribution in [3.8, 4) is 11.3 Å².